The molecule has 1 aromatic carbocycles. The molecule has 0 aromatic heterocycles. The van der Waals surface area contributed by atoms with Crippen molar-refractivity contribution in [3.05, 3.63) is 28.1 Å². The van der Waals surface area contributed by atoms with Gasteiger partial charge in [0.05, 0.1) is 16.7 Å². The third-order valence-corrected chi connectivity index (χ3v) is 4.07. The van der Waals surface area contributed by atoms with E-state index in [-0.39, 0.29) is 17.4 Å². The molecule has 1 amide bonds. The Morgan fingerprint density at radius 3 is 2.55 bits per heavy atom. The van der Waals surface area contributed by atoms with Crippen LogP contribution in [0, 0.1) is 15.9 Å². The Morgan fingerprint density at radius 1 is 1.36 bits per heavy atom. The zero-order valence-electron chi connectivity index (χ0n) is 12.8. The van der Waals surface area contributed by atoms with Crippen LogP contribution in [0.2, 0.25) is 0 Å². The Labute approximate surface area is 128 Å². The van der Waals surface area contributed by atoms with Crippen LogP contribution in [0.15, 0.2) is 12.1 Å². The van der Waals surface area contributed by atoms with E-state index in [1.165, 1.54) is 19.4 Å². The highest BCUT2D eigenvalue weighted by Gasteiger charge is 2.25. The molecule has 1 fully saturated rings. The molecular formula is C15H20FN3O3. The van der Waals surface area contributed by atoms with Crippen LogP contribution in [0.4, 0.5) is 21.5 Å². The van der Waals surface area contributed by atoms with Gasteiger partial charge in [-0.15, -0.1) is 0 Å². The van der Waals surface area contributed by atoms with Crippen LogP contribution in [0.25, 0.3) is 0 Å². The Kier molecular flexibility index (Phi) is 4.95. The van der Waals surface area contributed by atoms with Crippen molar-refractivity contribution >= 4 is 23.0 Å². The van der Waals surface area contributed by atoms with Crippen molar-refractivity contribution in [2.24, 2.45) is 0 Å². The molecular weight excluding hydrogens is 289 g/mol. The van der Waals surface area contributed by atoms with Crippen LogP contribution in [0.1, 0.15) is 39.0 Å². The molecule has 7 heteroatoms. The minimum absolute atomic E-state index is 0.0246. The summed E-state index contributed by atoms with van der Waals surface area (Å²) >= 11 is 0. The van der Waals surface area contributed by atoms with Crippen LogP contribution in [-0.4, -0.2) is 23.9 Å². The maximum Gasteiger partial charge on any atom is 0.295 e. The fourth-order valence-corrected chi connectivity index (χ4v) is 2.93. The van der Waals surface area contributed by atoms with E-state index in [0.29, 0.717) is 0 Å². The second-order valence-corrected chi connectivity index (χ2v) is 5.66. The summed E-state index contributed by atoms with van der Waals surface area (Å²) in [6.45, 7) is 1.26. The van der Waals surface area contributed by atoms with Gasteiger partial charge in [-0.25, -0.2) is 4.39 Å². The number of carbonyl (C=O) groups is 1. The van der Waals surface area contributed by atoms with Gasteiger partial charge in [0.1, 0.15) is 5.69 Å². The van der Waals surface area contributed by atoms with Crippen molar-refractivity contribution in [2.45, 2.75) is 45.1 Å². The molecule has 0 radical (unpaired) electrons. The maximum atomic E-state index is 14.3. The number of rotatable bonds is 4. The first-order valence-corrected chi connectivity index (χ1v) is 7.38. The van der Waals surface area contributed by atoms with Gasteiger partial charge in [0.25, 0.3) is 5.69 Å². The van der Waals surface area contributed by atoms with Crippen LogP contribution < -0.4 is 10.2 Å². The monoisotopic (exact) mass is 309 g/mol. The number of amides is 1. The minimum Gasteiger partial charge on any atom is -0.369 e. The minimum atomic E-state index is -0.696. The van der Waals surface area contributed by atoms with E-state index in [9.17, 15) is 19.3 Å². The predicted molar refractivity (Wildman–Crippen MR) is 82.6 cm³/mol. The first-order valence-electron chi connectivity index (χ1n) is 7.38. The molecule has 0 atom stereocenters. The number of hydrogen-bond acceptors (Lipinski definition) is 4. The third-order valence-electron chi connectivity index (χ3n) is 4.07. The second kappa shape index (κ2) is 6.72. The van der Waals surface area contributed by atoms with Gasteiger partial charge in [-0.1, -0.05) is 19.3 Å². The molecule has 120 valence electrons. The number of nitrogens with one attached hydrogen (secondary N) is 1. The summed E-state index contributed by atoms with van der Waals surface area (Å²) in [4.78, 5) is 23.4. The van der Waals surface area contributed by atoms with E-state index < -0.39 is 22.3 Å². The summed E-state index contributed by atoms with van der Waals surface area (Å²) in [5.74, 6) is -1.07. The van der Waals surface area contributed by atoms with Crippen LogP contribution in [-0.2, 0) is 4.79 Å². The largest absolute Gasteiger partial charge is 0.369 e. The number of nitro benzene ring substituents is 1. The zero-order valence-corrected chi connectivity index (χ0v) is 12.8. The molecule has 1 aromatic rings. The molecule has 0 bridgehead atoms. The lowest BCUT2D eigenvalue weighted by Gasteiger charge is -2.33. The lowest BCUT2D eigenvalue weighted by molar-refractivity contribution is -0.384. The van der Waals surface area contributed by atoms with Crippen LogP contribution in [0.3, 0.4) is 0 Å². The fourth-order valence-electron chi connectivity index (χ4n) is 2.93. The lowest BCUT2D eigenvalue weighted by Crippen LogP contribution is -2.34. The maximum absolute atomic E-state index is 14.3. The van der Waals surface area contributed by atoms with Crippen molar-refractivity contribution in [3.63, 3.8) is 0 Å². The van der Waals surface area contributed by atoms with Crippen molar-refractivity contribution in [1.29, 1.82) is 0 Å². The molecule has 2 rings (SSSR count). The SMILES string of the molecule is CC(=O)Nc1cc(N(C)C2CCCCC2)c(F)cc1[N+](=O)[O-]. The Bertz CT molecular complexity index is 586. The van der Waals surface area contributed by atoms with Crippen LogP contribution >= 0.6 is 0 Å². The highest BCUT2D eigenvalue weighted by molar-refractivity contribution is 5.92. The van der Waals surface area contributed by atoms with Gasteiger partial charge in [0, 0.05) is 20.0 Å². The normalized spacial score (nSPS) is 15.4. The van der Waals surface area contributed by atoms with Crippen LogP contribution in [0.5, 0.6) is 0 Å². The average Bonchev–Trinajstić information content (AvgIpc) is 2.48. The zero-order chi connectivity index (χ0) is 16.3. The molecule has 22 heavy (non-hydrogen) atoms. The summed E-state index contributed by atoms with van der Waals surface area (Å²) < 4.78 is 14.3. The molecule has 1 saturated carbocycles. The Balaban J connectivity index is 2.38. The van der Waals surface area contributed by atoms with E-state index in [1.54, 1.807) is 7.05 Å². The van der Waals surface area contributed by atoms with Gasteiger partial charge in [-0.3, -0.25) is 14.9 Å². The number of benzene rings is 1. The molecule has 1 N–H and O–H groups in total. The number of carbonyl (C=O) groups excluding carboxylic acids is 1. The highest BCUT2D eigenvalue weighted by atomic mass is 19.1. The van der Waals surface area contributed by atoms with Gasteiger partial charge in [0.15, 0.2) is 5.82 Å². The Morgan fingerprint density at radius 2 is 2.00 bits per heavy atom. The smallest absolute Gasteiger partial charge is 0.295 e. The Hall–Kier alpha value is -2.18. The number of hydrogen-bond donors (Lipinski definition) is 1. The van der Waals surface area contributed by atoms with E-state index in [2.05, 4.69) is 5.32 Å². The van der Waals surface area contributed by atoms with Gasteiger partial charge < -0.3 is 10.2 Å². The molecule has 1 aliphatic rings. The predicted octanol–water partition coefficient (Wildman–Crippen LogP) is 3.46. The highest BCUT2D eigenvalue weighted by Crippen LogP contribution is 2.34. The fraction of sp³-hybridized carbons (Fsp3) is 0.533. The van der Waals surface area contributed by atoms with Crippen molar-refractivity contribution in [2.75, 3.05) is 17.3 Å². The quantitative estimate of drug-likeness (QED) is 0.682. The topological polar surface area (TPSA) is 75.5 Å². The van der Waals surface area contributed by atoms with E-state index >= 15 is 0 Å². The first kappa shape index (κ1) is 16.2. The number of anilines is 2. The van der Waals surface area contributed by atoms with Gasteiger partial charge in [-0.05, 0) is 18.9 Å². The number of halogens is 1. The van der Waals surface area contributed by atoms with E-state index in [1.807, 2.05) is 4.90 Å². The first-order chi connectivity index (χ1) is 10.4. The molecule has 0 spiro atoms. The summed E-state index contributed by atoms with van der Waals surface area (Å²) in [5.41, 5.74) is -0.133. The summed E-state index contributed by atoms with van der Waals surface area (Å²) in [6.07, 6.45) is 5.33. The van der Waals surface area contributed by atoms with E-state index in [4.69, 9.17) is 0 Å². The molecule has 6 nitrogen and oxygen atoms in total. The lowest BCUT2D eigenvalue weighted by atomic mass is 9.94. The van der Waals surface area contributed by atoms with E-state index in [0.717, 1.165) is 31.7 Å². The van der Waals surface area contributed by atoms with Crippen molar-refractivity contribution < 1.29 is 14.1 Å². The summed E-state index contributed by atoms with van der Waals surface area (Å²) in [7, 11) is 1.79. The third kappa shape index (κ3) is 3.52. The summed E-state index contributed by atoms with van der Waals surface area (Å²) in [5, 5.41) is 13.4. The van der Waals surface area contributed by atoms with Crippen molar-refractivity contribution in [3.8, 4) is 0 Å². The van der Waals surface area contributed by atoms with Crippen molar-refractivity contribution in [1.82, 2.24) is 0 Å². The second-order valence-electron chi connectivity index (χ2n) is 5.66. The standard InChI is InChI=1S/C15H20FN3O3/c1-10(20)17-13-9-14(12(16)8-15(13)19(21)22)18(2)11-6-4-3-5-7-11/h8-9,11H,3-7H2,1-2H3,(H,17,20). The number of nitro groups is 1. The number of nitrogens with zero attached hydrogens (tertiary/aromatic N) is 2. The molecule has 1 aliphatic carbocycles. The molecule has 0 unspecified atom stereocenters. The van der Waals surface area contributed by atoms with Gasteiger partial charge >= 0.3 is 0 Å². The van der Waals surface area contributed by atoms with Gasteiger partial charge in [0.2, 0.25) is 5.91 Å². The summed E-state index contributed by atoms with van der Waals surface area (Å²) in [6, 6.07) is 2.44. The average molecular weight is 309 g/mol. The van der Waals surface area contributed by atoms with Gasteiger partial charge in [-0.2, -0.15) is 0 Å². The molecule has 0 heterocycles. The molecule has 0 saturated heterocycles. The molecule has 0 aliphatic heterocycles.